The molecule has 0 unspecified atom stereocenters. The third-order valence-electron chi connectivity index (χ3n) is 4.79. The zero-order valence-electron chi connectivity index (χ0n) is 17.1. The summed E-state index contributed by atoms with van der Waals surface area (Å²) in [7, 11) is 0. The van der Waals surface area contributed by atoms with E-state index >= 15 is 0 Å². The first-order chi connectivity index (χ1) is 14.7. The van der Waals surface area contributed by atoms with E-state index in [1.165, 1.54) is 12.4 Å². The van der Waals surface area contributed by atoms with E-state index in [9.17, 15) is 18.0 Å². The van der Waals surface area contributed by atoms with Gasteiger partial charge in [0.25, 0.3) is 5.91 Å². The normalized spacial score (nSPS) is 14.3. The Balaban J connectivity index is 1.57. The summed E-state index contributed by atoms with van der Waals surface area (Å²) in [5.41, 5.74) is 2.40. The lowest BCUT2D eigenvalue weighted by Crippen LogP contribution is -2.30. The summed E-state index contributed by atoms with van der Waals surface area (Å²) < 4.78 is 44.1. The van der Waals surface area contributed by atoms with E-state index in [1.807, 2.05) is 19.9 Å². The Hall–Kier alpha value is -3.17. The van der Waals surface area contributed by atoms with Gasteiger partial charge in [-0.25, -0.2) is 4.98 Å². The average Bonchev–Trinajstić information content (AvgIpc) is 3.45. The number of carbonyl (C=O) groups is 1. The Morgan fingerprint density at radius 1 is 1.32 bits per heavy atom. The van der Waals surface area contributed by atoms with Gasteiger partial charge in [0.15, 0.2) is 6.61 Å². The zero-order valence-corrected chi connectivity index (χ0v) is 17.1. The number of ether oxygens (including phenoxy) is 1. The van der Waals surface area contributed by atoms with E-state index in [4.69, 9.17) is 4.74 Å². The fourth-order valence-electron chi connectivity index (χ4n) is 3.33. The quantitative estimate of drug-likeness (QED) is 0.613. The number of aromatic nitrogens is 4. The lowest BCUT2D eigenvalue weighted by atomic mass is 10.1. The Labute approximate surface area is 176 Å². The topological polar surface area (TPSA) is 81.9 Å². The van der Waals surface area contributed by atoms with Crippen molar-refractivity contribution in [3.05, 3.63) is 47.5 Å². The van der Waals surface area contributed by atoms with Gasteiger partial charge in [-0.15, -0.1) is 0 Å². The zero-order chi connectivity index (χ0) is 22.2. The predicted octanol–water partition coefficient (Wildman–Crippen LogP) is 3.83. The monoisotopic (exact) mass is 433 g/mol. The molecule has 31 heavy (non-hydrogen) atoms. The SMILES string of the molecule is CC(C)NC(=O)c1nccc2nn(Cc3cnc(OCC(F)(F)F)c(C4CC4)c3)cc12. The highest BCUT2D eigenvalue weighted by Crippen LogP contribution is 2.44. The van der Waals surface area contributed by atoms with Gasteiger partial charge >= 0.3 is 6.18 Å². The third-order valence-corrected chi connectivity index (χ3v) is 4.79. The smallest absolute Gasteiger partial charge is 0.422 e. The Morgan fingerprint density at radius 2 is 2.10 bits per heavy atom. The largest absolute Gasteiger partial charge is 0.468 e. The molecule has 3 aromatic rings. The van der Waals surface area contributed by atoms with Gasteiger partial charge in [-0.3, -0.25) is 14.5 Å². The molecule has 164 valence electrons. The summed E-state index contributed by atoms with van der Waals surface area (Å²) in [4.78, 5) is 20.7. The molecule has 0 spiro atoms. The predicted molar refractivity (Wildman–Crippen MR) is 107 cm³/mol. The highest BCUT2D eigenvalue weighted by Gasteiger charge is 2.32. The van der Waals surface area contributed by atoms with Crippen molar-refractivity contribution in [3.63, 3.8) is 0 Å². The van der Waals surface area contributed by atoms with Gasteiger partial charge in [0.05, 0.1) is 17.4 Å². The van der Waals surface area contributed by atoms with Crippen LogP contribution in [0.15, 0.2) is 30.7 Å². The van der Waals surface area contributed by atoms with Crippen molar-refractivity contribution in [2.45, 2.75) is 51.4 Å². The maximum atomic E-state index is 12.5. The fraction of sp³-hybridized carbons (Fsp3) is 0.429. The summed E-state index contributed by atoms with van der Waals surface area (Å²) in [5.74, 6) is -0.0713. The summed E-state index contributed by atoms with van der Waals surface area (Å²) in [6, 6.07) is 3.53. The molecule has 0 atom stereocenters. The fourth-order valence-corrected chi connectivity index (χ4v) is 3.33. The second-order valence-electron chi connectivity index (χ2n) is 7.96. The number of carbonyl (C=O) groups excluding carboxylic acids is 1. The van der Waals surface area contributed by atoms with E-state index in [1.54, 1.807) is 16.9 Å². The van der Waals surface area contributed by atoms with Crippen LogP contribution in [0.1, 0.15) is 54.2 Å². The molecule has 1 aliphatic carbocycles. The van der Waals surface area contributed by atoms with Crippen LogP contribution in [0.2, 0.25) is 0 Å². The van der Waals surface area contributed by atoms with Crippen molar-refractivity contribution >= 4 is 16.8 Å². The highest BCUT2D eigenvalue weighted by atomic mass is 19.4. The number of hydrogen-bond acceptors (Lipinski definition) is 5. The number of nitrogens with one attached hydrogen (secondary N) is 1. The van der Waals surface area contributed by atoms with E-state index in [0.717, 1.165) is 18.4 Å². The molecule has 0 bridgehead atoms. The van der Waals surface area contributed by atoms with Crippen LogP contribution in [-0.4, -0.2) is 44.5 Å². The number of pyridine rings is 2. The number of fused-ring (bicyclic) bond motifs is 1. The Morgan fingerprint density at radius 3 is 2.77 bits per heavy atom. The molecular weight excluding hydrogens is 411 g/mol. The molecule has 1 amide bonds. The molecule has 3 aromatic heterocycles. The van der Waals surface area contributed by atoms with Crippen molar-refractivity contribution in [1.82, 2.24) is 25.1 Å². The number of alkyl halides is 3. The minimum Gasteiger partial charge on any atom is -0.468 e. The maximum absolute atomic E-state index is 12.5. The lowest BCUT2D eigenvalue weighted by molar-refractivity contribution is -0.154. The second-order valence-corrected chi connectivity index (χ2v) is 7.96. The van der Waals surface area contributed by atoms with E-state index in [0.29, 0.717) is 28.7 Å². The molecule has 1 N–H and O–H groups in total. The van der Waals surface area contributed by atoms with E-state index in [2.05, 4.69) is 20.4 Å². The van der Waals surface area contributed by atoms with Crippen molar-refractivity contribution in [3.8, 4) is 5.88 Å². The Kier molecular flexibility index (Phi) is 5.55. The van der Waals surface area contributed by atoms with E-state index < -0.39 is 12.8 Å². The maximum Gasteiger partial charge on any atom is 0.422 e. The lowest BCUT2D eigenvalue weighted by Gasteiger charge is -2.13. The summed E-state index contributed by atoms with van der Waals surface area (Å²) >= 11 is 0. The van der Waals surface area contributed by atoms with Crippen LogP contribution in [0.4, 0.5) is 13.2 Å². The first-order valence-corrected chi connectivity index (χ1v) is 10.0. The minimum atomic E-state index is -4.41. The molecule has 1 fully saturated rings. The standard InChI is InChI=1S/C21H22F3N5O2/c1-12(2)27-19(30)18-16-10-29(28-17(16)5-6-25-18)9-13-7-15(14-3-4-14)20(26-8-13)31-11-21(22,23)24/h5-8,10,12,14H,3-4,9,11H2,1-2H3,(H,27,30). The number of hydrogen-bond donors (Lipinski definition) is 1. The molecule has 0 radical (unpaired) electrons. The summed E-state index contributed by atoms with van der Waals surface area (Å²) in [5, 5.41) is 7.95. The highest BCUT2D eigenvalue weighted by molar-refractivity contribution is 6.04. The van der Waals surface area contributed by atoms with Gasteiger partial charge in [-0.2, -0.15) is 18.3 Å². The van der Waals surface area contributed by atoms with Gasteiger partial charge in [0, 0.05) is 30.2 Å². The van der Waals surface area contributed by atoms with Crippen molar-refractivity contribution in [1.29, 1.82) is 0 Å². The van der Waals surface area contributed by atoms with Crippen molar-refractivity contribution in [2.24, 2.45) is 0 Å². The average molecular weight is 433 g/mol. The summed E-state index contributed by atoms with van der Waals surface area (Å²) in [6.45, 7) is 2.73. The number of rotatable bonds is 7. The first-order valence-electron chi connectivity index (χ1n) is 10.0. The van der Waals surface area contributed by atoms with Gasteiger partial charge in [0.2, 0.25) is 5.88 Å². The third kappa shape index (κ3) is 5.12. The molecule has 1 aliphatic rings. The van der Waals surface area contributed by atoms with Gasteiger partial charge < -0.3 is 10.1 Å². The van der Waals surface area contributed by atoms with Gasteiger partial charge in [-0.1, -0.05) is 0 Å². The van der Waals surface area contributed by atoms with Crippen LogP contribution in [0.3, 0.4) is 0 Å². The molecule has 7 nitrogen and oxygen atoms in total. The molecule has 0 aliphatic heterocycles. The van der Waals surface area contributed by atoms with Crippen LogP contribution in [0.25, 0.3) is 10.9 Å². The molecule has 0 saturated heterocycles. The van der Waals surface area contributed by atoms with Gasteiger partial charge in [-0.05, 0) is 50.3 Å². The molecule has 10 heteroatoms. The molecule has 4 rings (SSSR count). The molecule has 1 saturated carbocycles. The molecular formula is C21H22F3N5O2. The minimum absolute atomic E-state index is 0.0235. The second kappa shape index (κ2) is 8.16. The molecule has 3 heterocycles. The first kappa shape index (κ1) is 21.1. The van der Waals surface area contributed by atoms with Crippen LogP contribution in [0.5, 0.6) is 5.88 Å². The van der Waals surface area contributed by atoms with Crippen LogP contribution in [-0.2, 0) is 6.54 Å². The van der Waals surface area contributed by atoms with Crippen LogP contribution in [0, 0.1) is 0 Å². The van der Waals surface area contributed by atoms with Crippen LogP contribution < -0.4 is 10.1 Å². The number of nitrogens with zero attached hydrogens (tertiary/aromatic N) is 4. The number of halogens is 3. The van der Waals surface area contributed by atoms with Crippen molar-refractivity contribution < 1.29 is 22.7 Å². The molecule has 0 aromatic carbocycles. The summed E-state index contributed by atoms with van der Waals surface area (Å²) in [6.07, 6.45) is 2.16. The van der Waals surface area contributed by atoms with Crippen LogP contribution >= 0.6 is 0 Å². The van der Waals surface area contributed by atoms with E-state index in [-0.39, 0.29) is 23.7 Å². The Bertz CT molecular complexity index is 1110. The van der Waals surface area contributed by atoms with Crippen molar-refractivity contribution in [2.75, 3.05) is 6.61 Å². The van der Waals surface area contributed by atoms with Gasteiger partial charge in [0.1, 0.15) is 5.69 Å². The number of amides is 1.